The van der Waals surface area contributed by atoms with Crippen LogP contribution in [0.2, 0.25) is 0 Å². The zero-order valence-electron chi connectivity index (χ0n) is 12.1. The van der Waals surface area contributed by atoms with E-state index in [9.17, 15) is 5.11 Å². The summed E-state index contributed by atoms with van der Waals surface area (Å²) in [5.74, 6) is 1.05. The summed E-state index contributed by atoms with van der Waals surface area (Å²) < 4.78 is 0. The number of nitrogens with one attached hydrogen (secondary N) is 1. The highest BCUT2D eigenvalue weighted by Gasteiger charge is 2.40. The van der Waals surface area contributed by atoms with Crippen LogP contribution in [0.25, 0.3) is 0 Å². The standard InChI is InChI=1S/C19H21NO/c21-15-10-9-14-7-4-8-18(16(14)11-15)20-19-12-17(19)13-5-2-1-3-6-13/h1-3,5-6,9-11,17-21H,4,7-8,12H2. The molecule has 2 nitrogen and oxygen atoms in total. The molecule has 0 aliphatic heterocycles. The van der Waals surface area contributed by atoms with Crippen LogP contribution in [-0.2, 0) is 6.42 Å². The number of phenols is 1. The first-order chi connectivity index (χ1) is 10.3. The summed E-state index contributed by atoms with van der Waals surface area (Å²) in [5, 5.41) is 13.6. The molecule has 0 radical (unpaired) electrons. The van der Waals surface area contributed by atoms with Crippen molar-refractivity contribution in [2.45, 2.75) is 43.7 Å². The Hall–Kier alpha value is -1.80. The summed E-state index contributed by atoms with van der Waals surface area (Å²) >= 11 is 0. The van der Waals surface area contributed by atoms with Crippen LogP contribution >= 0.6 is 0 Å². The first kappa shape index (κ1) is 12.9. The minimum absolute atomic E-state index is 0.387. The Morgan fingerprint density at radius 2 is 1.90 bits per heavy atom. The van der Waals surface area contributed by atoms with Crippen molar-refractivity contribution in [1.82, 2.24) is 5.32 Å². The van der Waals surface area contributed by atoms with Gasteiger partial charge < -0.3 is 10.4 Å². The van der Waals surface area contributed by atoms with E-state index >= 15 is 0 Å². The van der Waals surface area contributed by atoms with Crippen LogP contribution in [0.1, 0.15) is 47.9 Å². The largest absolute Gasteiger partial charge is 0.508 e. The Morgan fingerprint density at radius 1 is 1.05 bits per heavy atom. The van der Waals surface area contributed by atoms with Gasteiger partial charge in [-0.2, -0.15) is 0 Å². The van der Waals surface area contributed by atoms with Crippen molar-refractivity contribution < 1.29 is 5.11 Å². The smallest absolute Gasteiger partial charge is 0.115 e. The van der Waals surface area contributed by atoms with Crippen LogP contribution in [0, 0.1) is 0 Å². The summed E-state index contributed by atoms with van der Waals surface area (Å²) in [6, 6.07) is 17.6. The lowest BCUT2D eigenvalue weighted by molar-refractivity contribution is 0.442. The first-order valence-electron chi connectivity index (χ1n) is 7.94. The van der Waals surface area contributed by atoms with Gasteiger partial charge in [0.1, 0.15) is 5.75 Å². The molecule has 108 valence electrons. The Bertz CT molecular complexity index is 637. The molecule has 1 fully saturated rings. The molecule has 3 unspecified atom stereocenters. The molecular weight excluding hydrogens is 258 g/mol. The van der Waals surface area contributed by atoms with Crippen molar-refractivity contribution in [2.75, 3.05) is 0 Å². The van der Waals surface area contributed by atoms with E-state index in [0.717, 1.165) is 6.42 Å². The molecule has 4 rings (SSSR count). The summed E-state index contributed by atoms with van der Waals surface area (Å²) in [5.41, 5.74) is 4.15. The molecule has 0 aromatic heterocycles. The summed E-state index contributed by atoms with van der Waals surface area (Å²) in [7, 11) is 0. The van der Waals surface area contributed by atoms with Crippen LogP contribution in [0.15, 0.2) is 48.5 Å². The maximum absolute atomic E-state index is 9.76. The maximum Gasteiger partial charge on any atom is 0.115 e. The first-order valence-corrected chi connectivity index (χ1v) is 7.94. The van der Waals surface area contributed by atoms with Crippen molar-refractivity contribution >= 4 is 0 Å². The van der Waals surface area contributed by atoms with Crippen molar-refractivity contribution in [2.24, 2.45) is 0 Å². The van der Waals surface area contributed by atoms with Gasteiger partial charge in [-0.05, 0) is 54.5 Å². The average molecular weight is 279 g/mol. The number of rotatable bonds is 3. The van der Waals surface area contributed by atoms with Gasteiger partial charge in [-0.1, -0.05) is 36.4 Å². The molecule has 3 atom stereocenters. The fourth-order valence-corrected chi connectivity index (χ4v) is 3.67. The normalized spacial score (nSPS) is 27.1. The number of benzene rings is 2. The van der Waals surface area contributed by atoms with Gasteiger partial charge in [0.25, 0.3) is 0 Å². The van der Waals surface area contributed by atoms with Gasteiger partial charge >= 0.3 is 0 Å². The Morgan fingerprint density at radius 3 is 2.76 bits per heavy atom. The summed E-state index contributed by atoms with van der Waals surface area (Å²) in [6.45, 7) is 0. The number of aryl methyl sites for hydroxylation is 1. The van der Waals surface area contributed by atoms with Gasteiger partial charge in [-0.3, -0.25) is 0 Å². The third-order valence-corrected chi connectivity index (χ3v) is 4.88. The molecule has 2 heteroatoms. The fraction of sp³-hybridized carbons (Fsp3) is 0.368. The molecule has 0 heterocycles. The van der Waals surface area contributed by atoms with Gasteiger partial charge in [0.05, 0.1) is 0 Å². The zero-order valence-corrected chi connectivity index (χ0v) is 12.1. The van der Waals surface area contributed by atoms with E-state index in [4.69, 9.17) is 0 Å². The molecule has 0 bridgehead atoms. The lowest BCUT2D eigenvalue weighted by atomic mass is 9.87. The van der Waals surface area contributed by atoms with Gasteiger partial charge in [-0.25, -0.2) is 0 Å². The molecule has 0 spiro atoms. The van der Waals surface area contributed by atoms with E-state index in [1.165, 1.54) is 36.0 Å². The van der Waals surface area contributed by atoms with Crippen molar-refractivity contribution in [3.63, 3.8) is 0 Å². The number of phenolic OH excluding ortho intramolecular Hbond substituents is 1. The number of hydrogen-bond donors (Lipinski definition) is 2. The Labute approximate surface area is 125 Å². The summed E-state index contributed by atoms with van der Waals surface area (Å²) in [4.78, 5) is 0. The summed E-state index contributed by atoms with van der Waals surface area (Å²) in [6.07, 6.45) is 4.78. The van der Waals surface area contributed by atoms with Gasteiger partial charge in [0, 0.05) is 18.0 Å². The number of fused-ring (bicyclic) bond motifs is 1. The predicted octanol–water partition coefficient (Wildman–Crippen LogP) is 3.92. The molecule has 0 saturated heterocycles. The van der Waals surface area contributed by atoms with Crippen molar-refractivity contribution in [1.29, 1.82) is 0 Å². The minimum atomic E-state index is 0.387. The van der Waals surface area contributed by atoms with E-state index in [2.05, 4.69) is 41.7 Å². The lowest BCUT2D eigenvalue weighted by Crippen LogP contribution is -2.27. The molecule has 2 aromatic carbocycles. The monoisotopic (exact) mass is 279 g/mol. The molecule has 0 amide bonds. The topological polar surface area (TPSA) is 32.3 Å². The van der Waals surface area contributed by atoms with Crippen LogP contribution in [-0.4, -0.2) is 11.1 Å². The fourth-order valence-electron chi connectivity index (χ4n) is 3.67. The van der Waals surface area contributed by atoms with E-state index in [-0.39, 0.29) is 0 Å². The molecule has 2 aromatic rings. The molecule has 2 aliphatic rings. The molecule has 21 heavy (non-hydrogen) atoms. The van der Waals surface area contributed by atoms with Crippen molar-refractivity contribution in [3.05, 3.63) is 65.2 Å². The average Bonchev–Trinajstić information content (AvgIpc) is 3.28. The quantitative estimate of drug-likeness (QED) is 0.892. The van der Waals surface area contributed by atoms with E-state index in [1.54, 1.807) is 0 Å². The number of aromatic hydroxyl groups is 1. The SMILES string of the molecule is Oc1ccc2c(c1)C(NC1CC1c1ccccc1)CCC2. The van der Waals surface area contributed by atoms with E-state index in [0.29, 0.717) is 23.8 Å². The van der Waals surface area contributed by atoms with E-state index in [1.807, 2.05) is 12.1 Å². The molecule has 2 N–H and O–H groups in total. The highest BCUT2D eigenvalue weighted by Crippen LogP contribution is 2.43. The lowest BCUT2D eigenvalue weighted by Gasteiger charge is -2.27. The van der Waals surface area contributed by atoms with Crippen LogP contribution in [0.5, 0.6) is 5.75 Å². The third-order valence-electron chi connectivity index (χ3n) is 4.88. The van der Waals surface area contributed by atoms with Gasteiger partial charge in [0.15, 0.2) is 0 Å². The third kappa shape index (κ3) is 2.56. The highest BCUT2D eigenvalue weighted by atomic mass is 16.3. The predicted molar refractivity (Wildman–Crippen MR) is 84.5 cm³/mol. The highest BCUT2D eigenvalue weighted by molar-refractivity contribution is 5.39. The van der Waals surface area contributed by atoms with Crippen LogP contribution in [0.3, 0.4) is 0 Å². The van der Waals surface area contributed by atoms with E-state index < -0.39 is 0 Å². The Kier molecular flexibility index (Phi) is 3.19. The Balaban J connectivity index is 1.49. The van der Waals surface area contributed by atoms with Crippen LogP contribution < -0.4 is 5.32 Å². The molecule has 2 aliphatic carbocycles. The number of hydrogen-bond acceptors (Lipinski definition) is 2. The maximum atomic E-state index is 9.76. The molecular formula is C19H21NO. The van der Waals surface area contributed by atoms with Crippen LogP contribution in [0.4, 0.5) is 0 Å². The second-order valence-corrected chi connectivity index (χ2v) is 6.35. The van der Waals surface area contributed by atoms with Gasteiger partial charge in [0.2, 0.25) is 0 Å². The second kappa shape index (κ2) is 5.19. The van der Waals surface area contributed by atoms with Crippen molar-refractivity contribution in [3.8, 4) is 5.75 Å². The zero-order chi connectivity index (χ0) is 14.2. The minimum Gasteiger partial charge on any atom is -0.508 e. The van der Waals surface area contributed by atoms with Gasteiger partial charge in [-0.15, -0.1) is 0 Å². The second-order valence-electron chi connectivity index (χ2n) is 6.35. The molecule has 1 saturated carbocycles.